The van der Waals surface area contributed by atoms with Crippen molar-refractivity contribution in [1.29, 1.82) is 0 Å². The molecule has 0 aliphatic heterocycles. The van der Waals surface area contributed by atoms with E-state index in [1.165, 1.54) is 51.4 Å². The zero-order chi connectivity index (χ0) is 12.1. The molecule has 3 fully saturated rings. The van der Waals surface area contributed by atoms with Crippen LogP contribution in [0.5, 0.6) is 0 Å². The summed E-state index contributed by atoms with van der Waals surface area (Å²) in [5.74, 6) is 0.918. The van der Waals surface area contributed by atoms with Crippen molar-refractivity contribution in [3.63, 3.8) is 0 Å². The molecular weight excluding hydrogens is 208 g/mol. The molecule has 1 nitrogen and oxygen atoms in total. The van der Waals surface area contributed by atoms with Crippen LogP contribution in [0.1, 0.15) is 72.1 Å². The summed E-state index contributed by atoms with van der Waals surface area (Å²) >= 11 is 0. The fourth-order valence-corrected chi connectivity index (χ4v) is 4.77. The van der Waals surface area contributed by atoms with Crippen molar-refractivity contribution >= 4 is 0 Å². The van der Waals surface area contributed by atoms with E-state index in [-0.39, 0.29) is 0 Å². The lowest BCUT2D eigenvalue weighted by atomic mass is 9.70. The van der Waals surface area contributed by atoms with Crippen LogP contribution in [0.25, 0.3) is 0 Å². The maximum absolute atomic E-state index is 6.52. The molecule has 1 heteroatoms. The van der Waals surface area contributed by atoms with E-state index >= 15 is 0 Å². The number of hydrogen-bond acceptors (Lipinski definition) is 1. The molecule has 3 aliphatic carbocycles. The van der Waals surface area contributed by atoms with Crippen LogP contribution >= 0.6 is 0 Å². The van der Waals surface area contributed by atoms with Gasteiger partial charge in [-0.3, -0.25) is 0 Å². The summed E-state index contributed by atoms with van der Waals surface area (Å²) < 4.78 is 6.52. The Morgan fingerprint density at radius 2 is 1.65 bits per heavy atom. The number of fused-ring (bicyclic) bond motifs is 2. The van der Waals surface area contributed by atoms with Crippen LogP contribution in [0.2, 0.25) is 0 Å². The Hall–Kier alpha value is -0.0400. The number of hydrogen-bond donors (Lipinski definition) is 0. The lowest BCUT2D eigenvalue weighted by molar-refractivity contribution is -0.0961. The lowest BCUT2D eigenvalue weighted by Gasteiger charge is -2.41. The molecule has 0 saturated heterocycles. The van der Waals surface area contributed by atoms with Crippen LogP contribution in [0.3, 0.4) is 0 Å². The number of rotatable bonds is 2. The highest BCUT2D eigenvalue weighted by Gasteiger charge is 2.62. The summed E-state index contributed by atoms with van der Waals surface area (Å²) in [5.41, 5.74) is 0.960. The first-order valence-corrected chi connectivity index (χ1v) is 7.69. The maximum Gasteiger partial charge on any atom is 0.0640 e. The molecular formula is C16H28O. The molecule has 0 N–H and O–H groups in total. The Labute approximate surface area is 106 Å². The summed E-state index contributed by atoms with van der Waals surface area (Å²) in [4.78, 5) is 0. The average molecular weight is 236 g/mol. The zero-order valence-corrected chi connectivity index (χ0v) is 11.8. The molecule has 0 aromatic carbocycles. The largest absolute Gasteiger partial charge is 0.374 e. The van der Waals surface area contributed by atoms with E-state index < -0.39 is 0 Å². The van der Waals surface area contributed by atoms with Gasteiger partial charge in [-0.15, -0.1) is 0 Å². The van der Waals surface area contributed by atoms with Gasteiger partial charge in [0.1, 0.15) is 0 Å². The van der Waals surface area contributed by atoms with Crippen molar-refractivity contribution < 1.29 is 4.74 Å². The van der Waals surface area contributed by atoms with Crippen molar-refractivity contribution in [1.82, 2.24) is 0 Å². The molecule has 0 heterocycles. The van der Waals surface area contributed by atoms with Gasteiger partial charge in [0.25, 0.3) is 0 Å². The Morgan fingerprint density at radius 3 is 2.18 bits per heavy atom. The Balaban J connectivity index is 1.69. The molecule has 3 atom stereocenters. The average Bonchev–Trinajstić information content (AvgIpc) is 2.63. The Bertz CT molecular complexity index is 290. The van der Waals surface area contributed by atoms with Crippen LogP contribution in [-0.4, -0.2) is 12.2 Å². The van der Waals surface area contributed by atoms with E-state index in [2.05, 4.69) is 20.8 Å². The van der Waals surface area contributed by atoms with Crippen molar-refractivity contribution in [3.05, 3.63) is 0 Å². The summed E-state index contributed by atoms with van der Waals surface area (Å²) in [6.45, 7) is 7.46. The molecule has 2 bridgehead atoms. The first-order chi connectivity index (χ1) is 8.04. The predicted octanol–water partition coefficient (Wildman–Crippen LogP) is 4.55. The van der Waals surface area contributed by atoms with E-state index in [1.54, 1.807) is 0 Å². The lowest BCUT2D eigenvalue weighted by Crippen LogP contribution is -2.39. The van der Waals surface area contributed by atoms with Crippen LogP contribution < -0.4 is 0 Å². The first-order valence-electron chi connectivity index (χ1n) is 7.69. The maximum atomic E-state index is 6.52. The SMILES string of the molecule is CC1(C)[C@@H]2CC[C@]1(C)[C@H](OC1CCCCC1)C2. The van der Waals surface area contributed by atoms with Gasteiger partial charge >= 0.3 is 0 Å². The van der Waals surface area contributed by atoms with Gasteiger partial charge < -0.3 is 4.74 Å². The molecule has 0 spiro atoms. The monoisotopic (exact) mass is 236 g/mol. The first kappa shape index (κ1) is 12.0. The molecule has 0 radical (unpaired) electrons. The standard InChI is InChI=1S/C16H28O/c1-15(2)12-9-10-16(15,3)14(11-12)17-13-7-5-4-6-8-13/h12-14H,4-11H2,1-3H3/t12-,14-,16-/m1/s1. The summed E-state index contributed by atoms with van der Waals surface area (Å²) in [5, 5.41) is 0. The summed E-state index contributed by atoms with van der Waals surface area (Å²) in [7, 11) is 0. The fraction of sp³-hybridized carbons (Fsp3) is 1.00. The van der Waals surface area contributed by atoms with Gasteiger partial charge in [-0.05, 0) is 48.9 Å². The highest BCUT2D eigenvalue weighted by Crippen LogP contribution is 2.66. The second-order valence-corrected chi connectivity index (χ2v) is 7.50. The topological polar surface area (TPSA) is 9.23 Å². The normalized spacial score (nSPS) is 45.4. The van der Waals surface area contributed by atoms with Gasteiger partial charge in [0.2, 0.25) is 0 Å². The van der Waals surface area contributed by atoms with Gasteiger partial charge in [0.15, 0.2) is 0 Å². The molecule has 0 amide bonds. The third-order valence-corrected chi connectivity index (χ3v) is 6.62. The third-order valence-electron chi connectivity index (χ3n) is 6.62. The van der Waals surface area contributed by atoms with Gasteiger partial charge in [0.05, 0.1) is 12.2 Å². The van der Waals surface area contributed by atoms with E-state index in [0.717, 1.165) is 5.92 Å². The van der Waals surface area contributed by atoms with E-state index in [9.17, 15) is 0 Å². The van der Waals surface area contributed by atoms with Gasteiger partial charge in [-0.2, -0.15) is 0 Å². The fourth-order valence-electron chi connectivity index (χ4n) is 4.77. The predicted molar refractivity (Wildman–Crippen MR) is 71.0 cm³/mol. The Morgan fingerprint density at radius 1 is 0.941 bits per heavy atom. The minimum absolute atomic E-state index is 0.453. The smallest absolute Gasteiger partial charge is 0.0640 e. The zero-order valence-electron chi connectivity index (χ0n) is 11.8. The molecule has 17 heavy (non-hydrogen) atoms. The second-order valence-electron chi connectivity index (χ2n) is 7.50. The second kappa shape index (κ2) is 3.98. The molecule has 0 aromatic rings. The van der Waals surface area contributed by atoms with Crippen LogP contribution in [-0.2, 0) is 4.74 Å². The van der Waals surface area contributed by atoms with Gasteiger partial charge in [0, 0.05) is 0 Å². The van der Waals surface area contributed by atoms with E-state index in [1.807, 2.05) is 0 Å². The van der Waals surface area contributed by atoms with Gasteiger partial charge in [-0.1, -0.05) is 40.0 Å². The van der Waals surface area contributed by atoms with Gasteiger partial charge in [-0.25, -0.2) is 0 Å². The minimum Gasteiger partial charge on any atom is -0.374 e. The molecule has 3 aliphatic rings. The van der Waals surface area contributed by atoms with Crippen molar-refractivity contribution in [2.75, 3.05) is 0 Å². The highest BCUT2D eigenvalue weighted by molar-refractivity contribution is 5.11. The van der Waals surface area contributed by atoms with Crippen LogP contribution in [0.4, 0.5) is 0 Å². The summed E-state index contributed by atoms with van der Waals surface area (Å²) in [6.07, 6.45) is 12.1. The molecule has 98 valence electrons. The minimum atomic E-state index is 0.453. The van der Waals surface area contributed by atoms with Crippen LogP contribution in [0, 0.1) is 16.7 Å². The van der Waals surface area contributed by atoms with E-state index in [0.29, 0.717) is 23.0 Å². The Kier molecular flexibility index (Phi) is 2.81. The van der Waals surface area contributed by atoms with E-state index in [4.69, 9.17) is 4.74 Å². The quantitative estimate of drug-likeness (QED) is 0.683. The van der Waals surface area contributed by atoms with Crippen molar-refractivity contribution in [2.24, 2.45) is 16.7 Å². The third kappa shape index (κ3) is 1.69. The molecule has 3 saturated carbocycles. The summed E-state index contributed by atoms with van der Waals surface area (Å²) in [6, 6.07) is 0. The highest BCUT2D eigenvalue weighted by atomic mass is 16.5. The van der Waals surface area contributed by atoms with Crippen LogP contribution in [0.15, 0.2) is 0 Å². The van der Waals surface area contributed by atoms with Crippen molar-refractivity contribution in [3.8, 4) is 0 Å². The number of ether oxygens (including phenoxy) is 1. The molecule has 3 rings (SSSR count). The molecule has 0 aromatic heterocycles. The van der Waals surface area contributed by atoms with Crippen molar-refractivity contribution in [2.45, 2.75) is 84.3 Å². The molecule has 0 unspecified atom stereocenters.